The molecule has 0 unspecified atom stereocenters. The molecule has 0 radical (unpaired) electrons. The van der Waals surface area contributed by atoms with E-state index in [9.17, 15) is 18.0 Å². The van der Waals surface area contributed by atoms with Crippen molar-refractivity contribution in [2.24, 2.45) is 0 Å². The van der Waals surface area contributed by atoms with Crippen LogP contribution < -0.4 is 5.32 Å². The highest BCUT2D eigenvalue weighted by Gasteiger charge is 2.33. The Hall–Kier alpha value is -1.17. The van der Waals surface area contributed by atoms with Crippen LogP contribution in [0.1, 0.15) is 30.9 Å². The SMILES string of the molecule is C[C@@H](SCc1ccccc1C(F)(F)F)C(=O)NC1CC1. The zero-order valence-corrected chi connectivity index (χ0v) is 11.9. The number of hydrogen-bond donors (Lipinski definition) is 1. The maximum Gasteiger partial charge on any atom is 0.416 e. The number of carbonyl (C=O) groups is 1. The summed E-state index contributed by atoms with van der Waals surface area (Å²) in [6.45, 7) is 1.72. The summed E-state index contributed by atoms with van der Waals surface area (Å²) in [5, 5.41) is 2.50. The van der Waals surface area contributed by atoms with Gasteiger partial charge in [-0.15, -0.1) is 11.8 Å². The molecule has 6 heteroatoms. The van der Waals surface area contributed by atoms with Crippen LogP contribution in [0.25, 0.3) is 0 Å². The molecule has 1 N–H and O–H groups in total. The summed E-state index contributed by atoms with van der Waals surface area (Å²) in [7, 11) is 0. The number of alkyl halides is 3. The standard InChI is InChI=1S/C14H16F3NOS/c1-9(13(19)18-11-6-7-11)20-8-10-4-2-3-5-12(10)14(15,16)17/h2-5,9,11H,6-8H2,1H3,(H,18,19)/t9-/m1/s1. The predicted octanol–water partition coefficient (Wildman–Crippen LogP) is 3.61. The van der Waals surface area contributed by atoms with Crippen LogP contribution in [0.3, 0.4) is 0 Å². The highest BCUT2D eigenvalue weighted by Crippen LogP contribution is 2.34. The maximum atomic E-state index is 12.8. The van der Waals surface area contributed by atoms with E-state index in [1.165, 1.54) is 23.9 Å². The van der Waals surface area contributed by atoms with Crippen LogP contribution in [0.4, 0.5) is 13.2 Å². The van der Waals surface area contributed by atoms with Crippen molar-refractivity contribution in [2.75, 3.05) is 0 Å². The number of nitrogens with one attached hydrogen (secondary N) is 1. The lowest BCUT2D eigenvalue weighted by molar-refractivity contribution is -0.138. The lowest BCUT2D eigenvalue weighted by atomic mass is 10.1. The van der Waals surface area contributed by atoms with Gasteiger partial charge in [-0.05, 0) is 31.4 Å². The minimum absolute atomic E-state index is 0.0954. The molecule has 0 saturated heterocycles. The smallest absolute Gasteiger partial charge is 0.352 e. The average molecular weight is 303 g/mol. The zero-order valence-electron chi connectivity index (χ0n) is 11.0. The highest BCUT2D eigenvalue weighted by atomic mass is 32.2. The number of hydrogen-bond acceptors (Lipinski definition) is 2. The van der Waals surface area contributed by atoms with Crippen molar-refractivity contribution in [1.29, 1.82) is 0 Å². The summed E-state index contributed by atoms with van der Waals surface area (Å²) in [5.41, 5.74) is -0.404. The average Bonchev–Trinajstić information content (AvgIpc) is 3.19. The van der Waals surface area contributed by atoms with E-state index in [4.69, 9.17) is 0 Å². The third-order valence-corrected chi connectivity index (χ3v) is 4.30. The molecule has 2 rings (SSSR count). The molecule has 1 aromatic rings. The minimum atomic E-state index is -4.35. The van der Waals surface area contributed by atoms with E-state index in [-0.39, 0.29) is 28.5 Å². The predicted molar refractivity (Wildman–Crippen MR) is 73.4 cm³/mol. The molecule has 1 aromatic carbocycles. The Balaban J connectivity index is 1.94. The van der Waals surface area contributed by atoms with Crippen LogP contribution in [0.2, 0.25) is 0 Å². The molecule has 1 saturated carbocycles. The summed E-state index contributed by atoms with van der Waals surface area (Å²) in [5.74, 6) is 0.0802. The van der Waals surface area contributed by atoms with Crippen molar-refractivity contribution in [1.82, 2.24) is 5.32 Å². The first-order chi connectivity index (χ1) is 9.38. The van der Waals surface area contributed by atoms with Crippen molar-refractivity contribution >= 4 is 17.7 Å². The third kappa shape index (κ3) is 4.16. The van der Waals surface area contributed by atoms with E-state index in [2.05, 4.69) is 5.32 Å². The number of halogens is 3. The molecule has 0 aliphatic heterocycles. The molecule has 0 spiro atoms. The second kappa shape index (κ2) is 6.08. The van der Waals surface area contributed by atoms with Gasteiger partial charge in [-0.2, -0.15) is 13.2 Å². The molecule has 1 amide bonds. The van der Waals surface area contributed by atoms with E-state index < -0.39 is 11.7 Å². The van der Waals surface area contributed by atoms with Crippen molar-refractivity contribution in [2.45, 2.75) is 43.0 Å². The Morgan fingerprint density at radius 2 is 2.05 bits per heavy atom. The van der Waals surface area contributed by atoms with Gasteiger partial charge in [-0.3, -0.25) is 4.79 Å². The first-order valence-corrected chi connectivity index (χ1v) is 7.50. The largest absolute Gasteiger partial charge is 0.416 e. The molecular weight excluding hydrogens is 287 g/mol. The Kier molecular flexibility index (Phi) is 4.62. The Bertz CT molecular complexity index is 486. The Labute approximate surface area is 120 Å². The van der Waals surface area contributed by atoms with E-state index >= 15 is 0 Å². The number of benzene rings is 1. The highest BCUT2D eigenvalue weighted by molar-refractivity contribution is 7.99. The fourth-order valence-electron chi connectivity index (χ4n) is 1.76. The summed E-state index contributed by atoms with van der Waals surface area (Å²) in [6, 6.07) is 5.76. The molecule has 0 heterocycles. The normalized spacial score (nSPS) is 16.8. The summed E-state index contributed by atoms with van der Waals surface area (Å²) in [6.07, 6.45) is -2.35. The quantitative estimate of drug-likeness (QED) is 0.900. The van der Waals surface area contributed by atoms with E-state index in [0.29, 0.717) is 0 Å². The molecule has 1 atom stereocenters. The first-order valence-electron chi connectivity index (χ1n) is 6.45. The van der Waals surface area contributed by atoms with Gasteiger partial charge in [0.15, 0.2) is 0 Å². The lowest BCUT2D eigenvalue weighted by Crippen LogP contribution is -2.32. The van der Waals surface area contributed by atoms with Gasteiger partial charge in [-0.1, -0.05) is 18.2 Å². The van der Waals surface area contributed by atoms with Crippen LogP contribution in [-0.4, -0.2) is 17.2 Å². The molecule has 1 fully saturated rings. The maximum absolute atomic E-state index is 12.8. The van der Waals surface area contributed by atoms with Crippen molar-refractivity contribution in [3.05, 3.63) is 35.4 Å². The van der Waals surface area contributed by atoms with Crippen molar-refractivity contribution in [3.8, 4) is 0 Å². The van der Waals surface area contributed by atoms with Gasteiger partial charge in [0.25, 0.3) is 0 Å². The number of carbonyl (C=O) groups excluding carboxylic acids is 1. The summed E-state index contributed by atoms with van der Waals surface area (Å²) < 4.78 is 38.5. The fourth-order valence-corrected chi connectivity index (χ4v) is 2.66. The number of rotatable bonds is 5. The van der Waals surface area contributed by atoms with Crippen molar-refractivity contribution in [3.63, 3.8) is 0 Å². The molecule has 1 aliphatic carbocycles. The third-order valence-electron chi connectivity index (χ3n) is 3.10. The number of thioether (sulfide) groups is 1. The van der Waals surface area contributed by atoms with Gasteiger partial charge in [0, 0.05) is 11.8 Å². The van der Waals surface area contributed by atoms with E-state index in [0.717, 1.165) is 18.9 Å². The zero-order chi connectivity index (χ0) is 14.8. The second-order valence-electron chi connectivity index (χ2n) is 4.89. The van der Waals surface area contributed by atoms with Gasteiger partial charge >= 0.3 is 6.18 Å². The minimum Gasteiger partial charge on any atom is -0.352 e. The van der Waals surface area contributed by atoms with Gasteiger partial charge in [-0.25, -0.2) is 0 Å². The number of amides is 1. The topological polar surface area (TPSA) is 29.1 Å². The van der Waals surface area contributed by atoms with Crippen LogP contribution in [0, 0.1) is 0 Å². The first kappa shape index (κ1) is 15.2. The molecule has 20 heavy (non-hydrogen) atoms. The monoisotopic (exact) mass is 303 g/mol. The molecule has 0 bridgehead atoms. The molecule has 1 aliphatic rings. The van der Waals surface area contributed by atoms with Crippen molar-refractivity contribution < 1.29 is 18.0 Å². The van der Waals surface area contributed by atoms with Crippen LogP contribution in [0.5, 0.6) is 0 Å². The van der Waals surface area contributed by atoms with Gasteiger partial charge < -0.3 is 5.32 Å². The van der Waals surface area contributed by atoms with Crippen LogP contribution in [0.15, 0.2) is 24.3 Å². The van der Waals surface area contributed by atoms with Gasteiger partial charge in [0.1, 0.15) is 0 Å². The van der Waals surface area contributed by atoms with Gasteiger partial charge in [0.2, 0.25) is 5.91 Å². The second-order valence-corrected chi connectivity index (χ2v) is 6.22. The molecule has 0 aromatic heterocycles. The van der Waals surface area contributed by atoms with E-state index in [1.54, 1.807) is 13.0 Å². The van der Waals surface area contributed by atoms with E-state index in [1.807, 2.05) is 0 Å². The van der Waals surface area contributed by atoms with Gasteiger partial charge in [0.05, 0.1) is 10.8 Å². The summed E-state index contributed by atoms with van der Waals surface area (Å²) in [4.78, 5) is 11.7. The molecule has 2 nitrogen and oxygen atoms in total. The molecular formula is C14H16F3NOS. The summed E-state index contributed by atoms with van der Waals surface area (Å²) >= 11 is 1.23. The molecule has 110 valence electrons. The van der Waals surface area contributed by atoms with Crippen LogP contribution >= 0.6 is 11.8 Å². The lowest BCUT2D eigenvalue weighted by Gasteiger charge is -2.15. The Morgan fingerprint density at radius 1 is 1.40 bits per heavy atom. The van der Waals surface area contributed by atoms with Crippen LogP contribution in [-0.2, 0) is 16.7 Å². The fraction of sp³-hybridized carbons (Fsp3) is 0.500. The Morgan fingerprint density at radius 3 is 2.65 bits per heavy atom.